The van der Waals surface area contributed by atoms with Crippen molar-refractivity contribution in [2.45, 2.75) is 37.2 Å². The Kier molecular flexibility index (Phi) is 6.63. The number of hydrogen-bond donors (Lipinski definition) is 1. The Bertz CT molecular complexity index is 569. The highest BCUT2D eigenvalue weighted by Gasteiger charge is 2.20. The number of aryl methyl sites for hydroxylation is 1. The van der Waals surface area contributed by atoms with E-state index in [9.17, 15) is 9.90 Å². The molecule has 2 aromatic carbocycles. The van der Waals surface area contributed by atoms with Crippen LogP contribution >= 0.6 is 11.6 Å². The zero-order valence-corrected chi connectivity index (χ0v) is 13.2. The molecule has 3 heteroatoms. The molecule has 0 amide bonds. The molecule has 0 aliphatic heterocycles. The van der Waals surface area contributed by atoms with E-state index in [-0.39, 0.29) is 12.2 Å². The van der Waals surface area contributed by atoms with E-state index in [1.54, 1.807) is 0 Å². The fourth-order valence-corrected chi connectivity index (χ4v) is 2.63. The van der Waals surface area contributed by atoms with Gasteiger partial charge < -0.3 is 5.11 Å². The standard InChI is InChI=1S/C19H21ClO2/c20-18(13-16-9-5-2-6-10-16)19(22)14-17(21)12-11-15-7-3-1-4-8-15/h1-10,18-19,22H,11-14H2/t18-,19+/m0/s1. The highest BCUT2D eigenvalue weighted by molar-refractivity contribution is 6.21. The van der Waals surface area contributed by atoms with Gasteiger partial charge in [0.2, 0.25) is 0 Å². The molecular weight excluding hydrogens is 296 g/mol. The molecule has 0 heterocycles. The van der Waals surface area contributed by atoms with Crippen molar-refractivity contribution in [1.82, 2.24) is 0 Å². The van der Waals surface area contributed by atoms with Crippen LogP contribution in [-0.2, 0) is 17.6 Å². The first kappa shape index (κ1) is 16.7. The molecular formula is C19H21ClO2. The summed E-state index contributed by atoms with van der Waals surface area (Å²) in [4.78, 5) is 12.0. The molecule has 0 aromatic heterocycles. The van der Waals surface area contributed by atoms with Gasteiger partial charge in [0, 0.05) is 12.8 Å². The van der Waals surface area contributed by atoms with Crippen molar-refractivity contribution < 1.29 is 9.90 Å². The van der Waals surface area contributed by atoms with Crippen LogP contribution in [-0.4, -0.2) is 22.4 Å². The largest absolute Gasteiger partial charge is 0.391 e. The monoisotopic (exact) mass is 316 g/mol. The van der Waals surface area contributed by atoms with Crippen molar-refractivity contribution in [1.29, 1.82) is 0 Å². The van der Waals surface area contributed by atoms with Crippen LogP contribution in [0.4, 0.5) is 0 Å². The number of rotatable bonds is 8. The number of carbonyl (C=O) groups is 1. The number of aliphatic hydroxyl groups is 1. The van der Waals surface area contributed by atoms with Gasteiger partial charge >= 0.3 is 0 Å². The summed E-state index contributed by atoms with van der Waals surface area (Å²) in [6.07, 6.45) is 1.03. The predicted octanol–water partition coefficient (Wildman–Crippen LogP) is 3.79. The van der Waals surface area contributed by atoms with E-state index in [0.717, 1.165) is 11.1 Å². The first-order valence-corrected chi connectivity index (χ1v) is 8.00. The highest BCUT2D eigenvalue weighted by atomic mass is 35.5. The smallest absolute Gasteiger partial charge is 0.135 e. The molecule has 0 radical (unpaired) electrons. The number of carbonyl (C=O) groups excluding carboxylic acids is 1. The van der Waals surface area contributed by atoms with Crippen molar-refractivity contribution in [3.63, 3.8) is 0 Å². The minimum absolute atomic E-state index is 0.0510. The number of benzene rings is 2. The second-order valence-electron chi connectivity index (χ2n) is 5.50. The van der Waals surface area contributed by atoms with Gasteiger partial charge in [-0.05, 0) is 24.0 Å². The van der Waals surface area contributed by atoms with E-state index in [1.165, 1.54) is 0 Å². The van der Waals surface area contributed by atoms with Crippen LogP contribution in [0.25, 0.3) is 0 Å². The number of halogens is 1. The van der Waals surface area contributed by atoms with Gasteiger partial charge in [0.25, 0.3) is 0 Å². The molecule has 0 aliphatic carbocycles. The lowest BCUT2D eigenvalue weighted by atomic mass is 10.00. The second kappa shape index (κ2) is 8.72. The molecule has 0 fully saturated rings. The lowest BCUT2D eigenvalue weighted by Crippen LogP contribution is -2.26. The van der Waals surface area contributed by atoms with Crippen molar-refractivity contribution in [2.24, 2.45) is 0 Å². The summed E-state index contributed by atoms with van der Waals surface area (Å²) < 4.78 is 0. The molecule has 2 aromatic rings. The van der Waals surface area contributed by atoms with E-state index < -0.39 is 11.5 Å². The molecule has 0 aliphatic rings. The SMILES string of the molecule is O=C(CCc1ccccc1)C[C@@H](O)[C@@H](Cl)Cc1ccccc1. The third-order valence-corrected chi connectivity index (χ3v) is 4.11. The molecule has 2 rings (SSSR count). The molecule has 2 nitrogen and oxygen atoms in total. The molecule has 0 saturated heterocycles. The van der Waals surface area contributed by atoms with Gasteiger partial charge in [-0.1, -0.05) is 60.7 Å². The van der Waals surface area contributed by atoms with Crippen molar-refractivity contribution in [3.8, 4) is 0 Å². The summed E-state index contributed by atoms with van der Waals surface area (Å²) in [6.45, 7) is 0. The van der Waals surface area contributed by atoms with Crippen LogP contribution < -0.4 is 0 Å². The zero-order chi connectivity index (χ0) is 15.8. The van der Waals surface area contributed by atoms with Crippen LogP contribution in [0.5, 0.6) is 0 Å². The first-order chi connectivity index (χ1) is 10.6. The summed E-state index contributed by atoms with van der Waals surface area (Å²) >= 11 is 6.22. The quantitative estimate of drug-likeness (QED) is 0.752. The van der Waals surface area contributed by atoms with Crippen molar-refractivity contribution in [2.75, 3.05) is 0 Å². The Morgan fingerprint density at radius 1 is 0.955 bits per heavy atom. The van der Waals surface area contributed by atoms with Gasteiger partial charge in [-0.2, -0.15) is 0 Å². The number of ketones is 1. The van der Waals surface area contributed by atoms with Crippen LogP contribution in [0.3, 0.4) is 0 Å². The fraction of sp³-hybridized carbons (Fsp3) is 0.316. The Balaban J connectivity index is 1.75. The average Bonchev–Trinajstić information content (AvgIpc) is 2.55. The average molecular weight is 317 g/mol. The second-order valence-corrected chi connectivity index (χ2v) is 6.06. The minimum atomic E-state index is -0.801. The topological polar surface area (TPSA) is 37.3 Å². The molecule has 22 heavy (non-hydrogen) atoms. The van der Waals surface area contributed by atoms with Gasteiger partial charge in [0.1, 0.15) is 5.78 Å². The van der Waals surface area contributed by atoms with Crippen LogP contribution in [0.2, 0.25) is 0 Å². The van der Waals surface area contributed by atoms with E-state index >= 15 is 0 Å². The molecule has 0 spiro atoms. The summed E-state index contributed by atoms with van der Waals surface area (Å²) in [5.74, 6) is 0.0510. The molecule has 116 valence electrons. The van der Waals surface area contributed by atoms with E-state index in [4.69, 9.17) is 11.6 Å². The maximum absolute atomic E-state index is 12.0. The third-order valence-electron chi connectivity index (χ3n) is 3.66. The number of aliphatic hydroxyl groups excluding tert-OH is 1. The maximum atomic E-state index is 12.0. The third kappa shape index (κ3) is 5.63. The molecule has 0 bridgehead atoms. The number of Topliss-reactive ketones (excluding diaryl/α,β-unsaturated/α-hetero) is 1. The fourth-order valence-electron chi connectivity index (χ4n) is 2.37. The van der Waals surface area contributed by atoms with Crippen LogP contribution in [0, 0.1) is 0 Å². The first-order valence-electron chi connectivity index (χ1n) is 7.57. The number of hydrogen-bond acceptors (Lipinski definition) is 2. The van der Waals surface area contributed by atoms with Gasteiger partial charge in [0.05, 0.1) is 11.5 Å². The van der Waals surface area contributed by atoms with Gasteiger partial charge in [0.15, 0.2) is 0 Å². The summed E-state index contributed by atoms with van der Waals surface area (Å²) in [5.41, 5.74) is 2.20. The minimum Gasteiger partial charge on any atom is -0.391 e. The Morgan fingerprint density at radius 3 is 2.09 bits per heavy atom. The van der Waals surface area contributed by atoms with Gasteiger partial charge in [-0.3, -0.25) is 4.79 Å². The molecule has 2 atom stereocenters. The predicted molar refractivity (Wildman–Crippen MR) is 90.2 cm³/mol. The zero-order valence-electron chi connectivity index (χ0n) is 12.5. The van der Waals surface area contributed by atoms with Crippen LogP contribution in [0.15, 0.2) is 60.7 Å². The highest BCUT2D eigenvalue weighted by Crippen LogP contribution is 2.15. The van der Waals surface area contributed by atoms with Crippen LogP contribution in [0.1, 0.15) is 24.0 Å². The van der Waals surface area contributed by atoms with E-state index in [2.05, 4.69) is 0 Å². The lowest BCUT2D eigenvalue weighted by Gasteiger charge is -2.16. The number of alkyl halides is 1. The lowest BCUT2D eigenvalue weighted by molar-refractivity contribution is -0.120. The van der Waals surface area contributed by atoms with E-state index in [1.807, 2.05) is 60.7 Å². The van der Waals surface area contributed by atoms with Crippen molar-refractivity contribution in [3.05, 3.63) is 71.8 Å². The normalized spacial score (nSPS) is 13.5. The Hall–Kier alpha value is -1.64. The molecule has 0 unspecified atom stereocenters. The molecule has 0 saturated carbocycles. The van der Waals surface area contributed by atoms with E-state index in [0.29, 0.717) is 19.3 Å². The maximum Gasteiger partial charge on any atom is 0.135 e. The Labute approximate surface area is 136 Å². The van der Waals surface area contributed by atoms with Gasteiger partial charge in [-0.15, -0.1) is 11.6 Å². The van der Waals surface area contributed by atoms with Crippen molar-refractivity contribution >= 4 is 17.4 Å². The Morgan fingerprint density at radius 2 is 1.50 bits per heavy atom. The summed E-state index contributed by atoms with van der Waals surface area (Å²) in [5, 5.41) is 9.65. The molecule has 1 N–H and O–H groups in total. The summed E-state index contributed by atoms with van der Waals surface area (Å²) in [7, 11) is 0. The van der Waals surface area contributed by atoms with Gasteiger partial charge in [-0.25, -0.2) is 0 Å². The summed E-state index contributed by atoms with van der Waals surface area (Å²) in [6, 6.07) is 19.7.